The lowest BCUT2D eigenvalue weighted by atomic mass is 9.89. The Morgan fingerprint density at radius 3 is 2.35 bits per heavy atom. The first-order valence-electron chi connectivity index (χ1n) is 12.4. The van der Waals surface area contributed by atoms with Crippen molar-refractivity contribution in [3.63, 3.8) is 0 Å². The molecule has 1 atom stereocenters. The van der Waals surface area contributed by atoms with Gasteiger partial charge in [-0.05, 0) is 81.8 Å². The Morgan fingerprint density at radius 1 is 1.14 bits per heavy atom. The second-order valence-electron chi connectivity index (χ2n) is 10.3. The zero-order valence-corrected chi connectivity index (χ0v) is 21.8. The van der Waals surface area contributed by atoms with Gasteiger partial charge in [-0.25, -0.2) is 4.79 Å². The van der Waals surface area contributed by atoms with Gasteiger partial charge in [0.05, 0.1) is 23.8 Å². The number of rotatable bonds is 7. The van der Waals surface area contributed by atoms with Crippen molar-refractivity contribution in [3.8, 4) is 6.07 Å². The number of primary amides is 1. The fraction of sp³-hybridized carbons (Fsp3) is 0.429. The smallest absolute Gasteiger partial charge is 0.319 e. The molecular weight excluding hydrogens is 470 g/mol. The molecule has 196 valence electrons. The second-order valence-corrected chi connectivity index (χ2v) is 10.3. The van der Waals surface area contributed by atoms with Crippen LogP contribution in [0.5, 0.6) is 0 Å². The van der Waals surface area contributed by atoms with Gasteiger partial charge in [0, 0.05) is 24.3 Å². The molecule has 0 saturated carbocycles. The van der Waals surface area contributed by atoms with Gasteiger partial charge < -0.3 is 26.0 Å². The molecule has 2 aromatic rings. The Morgan fingerprint density at radius 2 is 1.78 bits per heavy atom. The Hall–Kier alpha value is -3.90. The number of hydrogen-bond donors (Lipinski definition) is 3. The van der Waals surface area contributed by atoms with Crippen LogP contribution >= 0.6 is 0 Å². The highest BCUT2D eigenvalue weighted by molar-refractivity contribution is 5.98. The third kappa shape index (κ3) is 7.79. The molecule has 4 N–H and O–H groups in total. The average molecular weight is 506 g/mol. The maximum atomic E-state index is 13.2. The number of urea groups is 1. The molecule has 4 amide bonds. The largest absolute Gasteiger partial charge is 0.373 e. The van der Waals surface area contributed by atoms with Crippen molar-refractivity contribution in [1.29, 1.82) is 5.26 Å². The summed E-state index contributed by atoms with van der Waals surface area (Å²) in [6.07, 6.45) is 1.67. The van der Waals surface area contributed by atoms with E-state index in [1.165, 1.54) is 5.56 Å². The van der Waals surface area contributed by atoms with Gasteiger partial charge in [-0.2, -0.15) is 5.26 Å². The number of nitrogens with two attached hydrogens (primary N) is 1. The molecule has 0 spiro atoms. The van der Waals surface area contributed by atoms with Crippen LogP contribution < -0.4 is 16.4 Å². The Labute approximate surface area is 218 Å². The molecule has 0 aromatic heterocycles. The van der Waals surface area contributed by atoms with Gasteiger partial charge in [-0.1, -0.05) is 18.2 Å². The molecule has 1 aliphatic rings. The number of anilines is 1. The van der Waals surface area contributed by atoms with E-state index in [1.807, 2.05) is 56.9 Å². The van der Waals surface area contributed by atoms with E-state index < -0.39 is 23.6 Å². The summed E-state index contributed by atoms with van der Waals surface area (Å²) in [4.78, 5) is 39.4. The van der Waals surface area contributed by atoms with Crippen molar-refractivity contribution in [1.82, 2.24) is 10.2 Å². The first-order chi connectivity index (χ1) is 17.5. The summed E-state index contributed by atoms with van der Waals surface area (Å²) in [5, 5.41) is 14.3. The van der Waals surface area contributed by atoms with Gasteiger partial charge in [0.1, 0.15) is 6.04 Å². The van der Waals surface area contributed by atoms with Crippen molar-refractivity contribution in [2.24, 2.45) is 5.73 Å². The predicted molar refractivity (Wildman–Crippen MR) is 141 cm³/mol. The number of amides is 4. The van der Waals surface area contributed by atoms with E-state index in [9.17, 15) is 14.4 Å². The number of piperidine rings is 1. The molecule has 0 unspecified atom stereocenters. The molecule has 1 fully saturated rings. The molecule has 0 aliphatic carbocycles. The second kappa shape index (κ2) is 11.9. The number of ether oxygens (including phenoxy) is 1. The zero-order valence-electron chi connectivity index (χ0n) is 21.8. The van der Waals surface area contributed by atoms with Crippen LogP contribution in [-0.2, 0) is 9.53 Å². The third-order valence-corrected chi connectivity index (χ3v) is 6.36. The summed E-state index contributed by atoms with van der Waals surface area (Å²) < 4.78 is 5.59. The highest BCUT2D eigenvalue weighted by atomic mass is 16.5. The molecule has 2 aromatic carbocycles. The molecule has 3 rings (SSSR count). The lowest BCUT2D eigenvalue weighted by Gasteiger charge is -2.32. The summed E-state index contributed by atoms with van der Waals surface area (Å²) in [6, 6.07) is 13.3. The first kappa shape index (κ1) is 27.7. The van der Waals surface area contributed by atoms with E-state index in [-0.39, 0.29) is 12.5 Å². The maximum absolute atomic E-state index is 13.2. The molecule has 1 heterocycles. The molecule has 9 nitrogen and oxygen atoms in total. The van der Waals surface area contributed by atoms with Crippen LogP contribution in [-0.4, -0.2) is 54.1 Å². The summed E-state index contributed by atoms with van der Waals surface area (Å²) in [5.41, 5.74) is 8.46. The van der Waals surface area contributed by atoms with Gasteiger partial charge in [-0.3, -0.25) is 9.59 Å². The lowest BCUT2D eigenvalue weighted by Crippen LogP contribution is -2.49. The normalized spacial score (nSPS) is 14.9. The van der Waals surface area contributed by atoms with Crippen LogP contribution in [0.15, 0.2) is 42.5 Å². The van der Waals surface area contributed by atoms with E-state index in [1.54, 1.807) is 18.2 Å². The van der Waals surface area contributed by atoms with E-state index in [0.29, 0.717) is 35.8 Å². The maximum Gasteiger partial charge on any atom is 0.319 e. The number of nitrogens with one attached hydrogen (secondary N) is 2. The Kier molecular flexibility index (Phi) is 8.90. The molecule has 1 saturated heterocycles. The number of benzene rings is 2. The van der Waals surface area contributed by atoms with Gasteiger partial charge in [-0.15, -0.1) is 0 Å². The predicted octanol–water partition coefficient (Wildman–Crippen LogP) is 3.68. The van der Waals surface area contributed by atoms with Crippen molar-refractivity contribution in [3.05, 3.63) is 64.7 Å². The SMILES string of the molecule is Cc1ccc(C(=O)N2CCC(c3ccc(C#N)cc3)CC2)cc1NC(=O)N[C@@H](COC(C)(C)C)C(N)=O. The highest BCUT2D eigenvalue weighted by Gasteiger charge is 2.26. The fourth-order valence-electron chi connectivity index (χ4n) is 4.16. The fourth-order valence-corrected chi connectivity index (χ4v) is 4.16. The van der Waals surface area contributed by atoms with Gasteiger partial charge >= 0.3 is 6.03 Å². The van der Waals surface area contributed by atoms with Crippen molar-refractivity contribution in [2.75, 3.05) is 25.0 Å². The minimum atomic E-state index is -0.998. The lowest BCUT2D eigenvalue weighted by molar-refractivity contribution is -0.122. The van der Waals surface area contributed by atoms with E-state index >= 15 is 0 Å². The van der Waals surface area contributed by atoms with Crippen molar-refractivity contribution in [2.45, 2.75) is 58.1 Å². The molecule has 0 bridgehead atoms. The number of nitrogens with zero attached hydrogens (tertiary/aromatic N) is 2. The average Bonchev–Trinajstić information content (AvgIpc) is 2.87. The van der Waals surface area contributed by atoms with Crippen LogP contribution in [0.2, 0.25) is 0 Å². The quantitative estimate of drug-likeness (QED) is 0.527. The van der Waals surface area contributed by atoms with Crippen LogP contribution in [0.3, 0.4) is 0 Å². The standard InChI is InChI=1S/C28H35N5O4/c1-18-5-8-22(15-23(18)31-27(36)32-24(25(30)34)17-37-28(2,3)4)26(35)33-13-11-21(12-14-33)20-9-6-19(16-29)7-10-20/h5-10,15,21,24H,11-14,17H2,1-4H3,(H2,30,34)(H2,31,32,36)/t24-/m0/s1. The number of hydrogen-bond acceptors (Lipinski definition) is 5. The van der Waals surface area contributed by atoms with E-state index in [0.717, 1.165) is 18.4 Å². The highest BCUT2D eigenvalue weighted by Crippen LogP contribution is 2.29. The van der Waals surface area contributed by atoms with Gasteiger partial charge in [0.15, 0.2) is 0 Å². The minimum absolute atomic E-state index is 0.0534. The number of aryl methyl sites for hydroxylation is 1. The monoisotopic (exact) mass is 505 g/mol. The zero-order chi connectivity index (χ0) is 27.2. The number of likely N-dealkylation sites (tertiary alicyclic amines) is 1. The Balaban J connectivity index is 1.61. The molecular formula is C28H35N5O4. The summed E-state index contributed by atoms with van der Waals surface area (Å²) >= 11 is 0. The van der Waals surface area contributed by atoms with Crippen LogP contribution in [0.4, 0.5) is 10.5 Å². The van der Waals surface area contributed by atoms with Crippen LogP contribution in [0, 0.1) is 18.3 Å². The molecule has 1 aliphatic heterocycles. The minimum Gasteiger partial charge on any atom is -0.373 e. The van der Waals surface area contributed by atoms with Gasteiger partial charge in [0.2, 0.25) is 5.91 Å². The van der Waals surface area contributed by atoms with Gasteiger partial charge in [0.25, 0.3) is 5.91 Å². The number of nitriles is 1. The molecule has 9 heteroatoms. The van der Waals surface area contributed by atoms with Crippen molar-refractivity contribution < 1.29 is 19.1 Å². The van der Waals surface area contributed by atoms with Crippen LogP contribution in [0.25, 0.3) is 0 Å². The van der Waals surface area contributed by atoms with Crippen molar-refractivity contribution >= 4 is 23.5 Å². The van der Waals surface area contributed by atoms with E-state index in [4.69, 9.17) is 15.7 Å². The molecule has 0 radical (unpaired) electrons. The first-order valence-corrected chi connectivity index (χ1v) is 12.4. The summed E-state index contributed by atoms with van der Waals surface area (Å²) in [6.45, 7) is 8.53. The number of carbonyl (C=O) groups is 3. The Bertz CT molecular complexity index is 1170. The molecule has 37 heavy (non-hydrogen) atoms. The summed E-state index contributed by atoms with van der Waals surface area (Å²) in [7, 11) is 0. The third-order valence-electron chi connectivity index (χ3n) is 6.36. The summed E-state index contributed by atoms with van der Waals surface area (Å²) in [5.74, 6) is -0.462. The van der Waals surface area contributed by atoms with E-state index in [2.05, 4.69) is 16.7 Å². The topological polar surface area (TPSA) is 138 Å². The number of carbonyl (C=O) groups excluding carboxylic acids is 3. The van der Waals surface area contributed by atoms with Crippen LogP contribution in [0.1, 0.15) is 66.6 Å².